The van der Waals surface area contributed by atoms with Crippen molar-refractivity contribution in [3.63, 3.8) is 0 Å². The van der Waals surface area contributed by atoms with Crippen molar-refractivity contribution in [3.05, 3.63) is 23.0 Å². The predicted molar refractivity (Wildman–Crippen MR) is 76.7 cm³/mol. The second kappa shape index (κ2) is 5.85. The van der Waals surface area contributed by atoms with Crippen molar-refractivity contribution in [1.29, 1.82) is 0 Å². The standard InChI is InChI=1S/C12H17ClFN3O2S/c1-16-3-2-4-17(6-5-16)20(18,19)12-8-11(15)10(14)7-9(12)13/h7-8H,2-6,15H2,1H3. The van der Waals surface area contributed by atoms with E-state index in [1.54, 1.807) is 0 Å². The fourth-order valence-electron chi connectivity index (χ4n) is 2.14. The number of benzene rings is 1. The molecule has 0 amide bonds. The van der Waals surface area contributed by atoms with Crippen molar-refractivity contribution >= 4 is 27.3 Å². The minimum absolute atomic E-state index is 0.136. The van der Waals surface area contributed by atoms with E-state index in [2.05, 4.69) is 4.90 Å². The molecule has 0 bridgehead atoms. The molecule has 0 saturated carbocycles. The Morgan fingerprint density at radius 2 is 1.95 bits per heavy atom. The van der Waals surface area contributed by atoms with Crippen molar-refractivity contribution in [1.82, 2.24) is 9.21 Å². The van der Waals surface area contributed by atoms with E-state index >= 15 is 0 Å². The first kappa shape index (κ1) is 15.5. The molecule has 0 unspecified atom stereocenters. The molecule has 0 atom stereocenters. The minimum atomic E-state index is -3.75. The number of nitrogens with zero attached hydrogens (tertiary/aromatic N) is 2. The van der Waals surface area contributed by atoms with Crippen LogP contribution in [0.5, 0.6) is 0 Å². The molecule has 1 aromatic carbocycles. The van der Waals surface area contributed by atoms with Crippen LogP contribution in [0, 0.1) is 5.82 Å². The Morgan fingerprint density at radius 1 is 1.25 bits per heavy atom. The van der Waals surface area contributed by atoms with Gasteiger partial charge in [0.2, 0.25) is 10.0 Å². The molecule has 1 heterocycles. The Kier molecular flexibility index (Phi) is 4.53. The second-order valence-electron chi connectivity index (χ2n) is 4.87. The first-order valence-electron chi connectivity index (χ1n) is 6.25. The van der Waals surface area contributed by atoms with Gasteiger partial charge in [0.25, 0.3) is 0 Å². The fourth-order valence-corrected chi connectivity index (χ4v) is 4.14. The summed E-state index contributed by atoms with van der Waals surface area (Å²) in [4.78, 5) is 1.93. The first-order valence-corrected chi connectivity index (χ1v) is 8.07. The molecule has 0 aromatic heterocycles. The molecule has 5 nitrogen and oxygen atoms in total. The van der Waals surface area contributed by atoms with E-state index in [0.717, 1.165) is 25.1 Å². The molecule has 2 rings (SSSR count). The lowest BCUT2D eigenvalue weighted by Gasteiger charge is -2.21. The highest BCUT2D eigenvalue weighted by Gasteiger charge is 2.28. The van der Waals surface area contributed by atoms with Crippen molar-refractivity contribution in [3.8, 4) is 0 Å². The SMILES string of the molecule is CN1CCCN(S(=O)(=O)c2cc(N)c(F)cc2Cl)CC1. The average molecular weight is 322 g/mol. The van der Waals surface area contributed by atoms with Crippen LogP contribution in [0.3, 0.4) is 0 Å². The van der Waals surface area contributed by atoms with E-state index < -0.39 is 15.8 Å². The van der Waals surface area contributed by atoms with E-state index in [0.29, 0.717) is 19.6 Å². The van der Waals surface area contributed by atoms with Gasteiger partial charge in [-0.25, -0.2) is 12.8 Å². The molecule has 8 heteroatoms. The van der Waals surface area contributed by atoms with E-state index in [1.165, 1.54) is 4.31 Å². The monoisotopic (exact) mass is 321 g/mol. The van der Waals surface area contributed by atoms with Crippen molar-refractivity contribution in [2.45, 2.75) is 11.3 Å². The van der Waals surface area contributed by atoms with Gasteiger partial charge in [-0.15, -0.1) is 0 Å². The predicted octanol–water partition coefficient (Wildman–Crippen LogP) is 1.39. The van der Waals surface area contributed by atoms with Crippen LogP contribution in [0.1, 0.15) is 6.42 Å². The number of nitrogens with two attached hydrogens (primary N) is 1. The van der Waals surface area contributed by atoms with Gasteiger partial charge < -0.3 is 10.6 Å². The second-order valence-corrected chi connectivity index (χ2v) is 7.18. The molecule has 0 aliphatic carbocycles. The maximum absolute atomic E-state index is 13.3. The van der Waals surface area contributed by atoms with Crippen LogP contribution in [-0.2, 0) is 10.0 Å². The number of likely N-dealkylation sites (N-methyl/N-ethyl adjacent to an activating group) is 1. The van der Waals surface area contributed by atoms with Crippen LogP contribution in [-0.4, -0.2) is 50.8 Å². The van der Waals surface area contributed by atoms with Crippen LogP contribution in [0.2, 0.25) is 5.02 Å². The summed E-state index contributed by atoms with van der Waals surface area (Å²) >= 11 is 5.86. The Hall–Kier alpha value is -0.890. The molecule has 1 aromatic rings. The highest BCUT2D eigenvalue weighted by molar-refractivity contribution is 7.89. The maximum Gasteiger partial charge on any atom is 0.244 e. The van der Waals surface area contributed by atoms with Crippen molar-refractivity contribution < 1.29 is 12.8 Å². The number of halogens is 2. The number of hydrogen-bond acceptors (Lipinski definition) is 4. The Balaban J connectivity index is 2.37. The molecule has 2 N–H and O–H groups in total. The third-order valence-electron chi connectivity index (χ3n) is 3.35. The molecule has 0 spiro atoms. The van der Waals surface area contributed by atoms with E-state index in [1.807, 2.05) is 7.05 Å². The quantitative estimate of drug-likeness (QED) is 0.836. The van der Waals surface area contributed by atoms with Crippen LogP contribution in [0.25, 0.3) is 0 Å². The van der Waals surface area contributed by atoms with Gasteiger partial charge in [0.15, 0.2) is 0 Å². The van der Waals surface area contributed by atoms with Crippen molar-refractivity contribution in [2.24, 2.45) is 0 Å². The number of rotatable bonds is 2. The summed E-state index contributed by atoms with van der Waals surface area (Å²) in [5, 5.41) is -0.144. The highest BCUT2D eigenvalue weighted by Crippen LogP contribution is 2.29. The zero-order chi connectivity index (χ0) is 14.9. The third-order valence-corrected chi connectivity index (χ3v) is 5.71. The number of sulfonamides is 1. The lowest BCUT2D eigenvalue weighted by Crippen LogP contribution is -2.34. The fraction of sp³-hybridized carbons (Fsp3) is 0.500. The summed E-state index contributed by atoms with van der Waals surface area (Å²) in [6.07, 6.45) is 0.740. The summed E-state index contributed by atoms with van der Waals surface area (Å²) in [6, 6.07) is 2.02. The molecule has 1 fully saturated rings. The topological polar surface area (TPSA) is 66.6 Å². The third kappa shape index (κ3) is 3.06. The molecule has 1 aliphatic heterocycles. The van der Waals surface area contributed by atoms with E-state index in [-0.39, 0.29) is 15.6 Å². The largest absolute Gasteiger partial charge is 0.396 e. The van der Waals surface area contributed by atoms with E-state index in [4.69, 9.17) is 17.3 Å². The lowest BCUT2D eigenvalue weighted by molar-refractivity contribution is 0.347. The molecule has 20 heavy (non-hydrogen) atoms. The molecule has 1 saturated heterocycles. The summed E-state index contributed by atoms with van der Waals surface area (Å²) in [5.41, 5.74) is 5.22. The minimum Gasteiger partial charge on any atom is -0.396 e. The molecular formula is C12H17ClFN3O2S. The van der Waals surface area contributed by atoms with Gasteiger partial charge in [0.1, 0.15) is 10.7 Å². The summed E-state index contributed by atoms with van der Waals surface area (Å²) in [7, 11) is -1.81. The van der Waals surface area contributed by atoms with Gasteiger partial charge in [0.05, 0.1) is 10.7 Å². The van der Waals surface area contributed by atoms with Crippen LogP contribution < -0.4 is 5.73 Å². The van der Waals surface area contributed by atoms with Crippen LogP contribution >= 0.6 is 11.6 Å². The van der Waals surface area contributed by atoms with Gasteiger partial charge in [-0.3, -0.25) is 0 Å². The average Bonchev–Trinajstić information content (AvgIpc) is 2.59. The summed E-state index contributed by atoms with van der Waals surface area (Å²) in [5.74, 6) is -0.718. The Morgan fingerprint density at radius 3 is 2.65 bits per heavy atom. The highest BCUT2D eigenvalue weighted by atomic mass is 35.5. The van der Waals surface area contributed by atoms with Gasteiger partial charge >= 0.3 is 0 Å². The summed E-state index contributed by atoms with van der Waals surface area (Å²) in [6.45, 7) is 2.28. The number of nitrogen functional groups attached to an aromatic ring is 1. The molecule has 0 radical (unpaired) electrons. The zero-order valence-electron chi connectivity index (χ0n) is 11.1. The number of hydrogen-bond donors (Lipinski definition) is 1. The van der Waals surface area contributed by atoms with Gasteiger partial charge in [0, 0.05) is 19.6 Å². The van der Waals surface area contributed by atoms with Gasteiger partial charge in [-0.2, -0.15) is 4.31 Å². The smallest absolute Gasteiger partial charge is 0.244 e. The maximum atomic E-state index is 13.3. The lowest BCUT2D eigenvalue weighted by atomic mass is 10.3. The molecule has 1 aliphatic rings. The van der Waals surface area contributed by atoms with Crippen molar-refractivity contribution in [2.75, 3.05) is 39.0 Å². The number of anilines is 1. The van der Waals surface area contributed by atoms with Gasteiger partial charge in [-0.05, 0) is 32.1 Å². The summed E-state index contributed by atoms with van der Waals surface area (Å²) < 4.78 is 39.8. The Labute approximate surface area is 123 Å². The Bertz CT molecular complexity index is 609. The van der Waals surface area contributed by atoms with Gasteiger partial charge in [-0.1, -0.05) is 11.6 Å². The van der Waals surface area contributed by atoms with Crippen LogP contribution in [0.4, 0.5) is 10.1 Å². The molecular weight excluding hydrogens is 305 g/mol. The van der Waals surface area contributed by atoms with E-state index in [9.17, 15) is 12.8 Å². The van der Waals surface area contributed by atoms with Crippen LogP contribution in [0.15, 0.2) is 17.0 Å². The zero-order valence-corrected chi connectivity index (χ0v) is 12.7. The molecule has 112 valence electrons. The first-order chi connectivity index (χ1) is 9.32. The normalized spacial score (nSPS) is 18.9.